The normalized spacial score (nSPS) is 12.8. The number of anilines is 1. The number of aryl methyl sites for hydroxylation is 2. The van der Waals surface area contributed by atoms with Gasteiger partial charge in [-0.1, -0.05) is 23.8 Å². The van der Waals surface area contributed by atoms with Crippen LogP contribution in [0.3, 0.4) is 0 Å². The minimum absolute atomic E-state index is 0.0865. The minimum atomic E-state index is -0.865. The summed E-state index contributed by atoms with van der Waals surface area (Å²) in [5.41, 5.74) is 2.79. The molecule has 3 aromatic rings. The quantitative estimate of drug-likeness (QED) is 0.374. The number of nitrogens with zero attached hydrogens (tertiary/aromatic N) is 4. The number of benzene rings is 2. The van der Waals surface area contributed by atoms with Crippen LogP contribution < -0.4 is 5.32 Å². The van der Waals surface area contributed by atoms with Crippen LogP contribution in [0.1, 0.15) is 37.7 Å². The molecule has 1 aromatic heterocycles. The van der Waals surface area contributed by atoms with E-state index in [1.54, 1.807) is 18.5 Å². The molecular weight excluding hydrogens is 414 g/mol. The first kappa shape index (κ1) is 20.9. The Morgan fingerprint density at radius 2 is 1.75 bits per heavy atom. The third-order valence-electron chi connectivity index (χ3n) is 5.31. The summed E-state index contributed by atoms with van der Waals surface area (Å²) in [6.45, 7) is 4.93. The van der Waals surface area contributed by atoms with Crippen molar-refractivity contribution in [2.75, 3.05) is 11.9 Å². The monoisotopic (exact) mass is 433 g/mol. The number of nitrogens with one attached hydrogen (secondary N) is 1. The first-order chi connectivity index (χ1) is 15.2. The lowest BCUT2D eigenvalue weighted by atomic mass is 10.1. The summed E-state index contributed by atoms with van der Waals surface area (Å²) >= 11 is 0. The lowest BCUT2D eigenvalue weighted by molar-refractivity contribution is -0.385. The third kappa shape index (κ3) is 3.41. The van der Waals surface area contributed by atoms with E-state index in [9.17, 15) is 24.5 Å². The van der Waals surface area contributed by atoms with Gasteiger partial charge in [0.25, 0.3) is 17.5 Å². The van der Waals surface area contributed by atoms with Crippen LogP contribution in [0.5, 0.6) is 0 Å². The van der Waals surface area contributed by atoms with Crippen LogP contribution in [-0.2, 0) is 4.79 Å². The van der Waals surface area contributed by atoms with Crippen molar-refractivity contribution in [3.05, 3.63) is 80.7 Å². The summed E-state index contributed by atoms with van der Waals surface area (Å²) in [7, 11) is 0. The molecule has 10 nitrogen and oxygen atoms in total. The first-order valence-corrected chi connectivity index (χ1v) is 9.75. The topological polar surface area (TPSA) is 127 Å². The molecule has 0 saturated carbocycles. The van der Waals surface area contributed by atoms with E-state index >= 15 is 0 Å². The summed E-state index contributed by atoms with van der Waals surface area (Å²) in [5, 5.41) is 18.4. The Morgan fingerprint density at radius 3 is 2.41 bits per heavy atom. The molecule has 0 fully saturated rings. The molecule has 0 spiro atoms. The predicted molar refractivity (Wildman–Crippen MR) is 115 cm³/mol. The van der Waals surface area contributed by atoms with E-state index in [0.29, 0.717) is 22.0 Å². The van der Waals surface area contributed by atoms with Gasteiger partial charge < -0.3 is 5.32 Å². The zero-order valence-electron chi connectivity index (χ0n) is 17.6. The Balaban J connectivity index is 1.56. The van der Waals surface area contributed by atoms with Gasteiger partial charge in [-0.25, -0.2) is 4.68 Å². The van der Waals surface area contributed by atoms with E-state index in [0.717, 1.165) is 17.3 Å². The fraction of sp³-hybridized carbons (Fsp3) is 0.182. The van der Waals surface area contributed by atoms with E-state index in [1.807, 2.05) is 31.2 Å². The second-order valence-corrected chi connectivity index (χ2v) is 7.49. The maximum atomic E-state index is 12.7. The van der Waals surface area contributed by atoms with Gasteiger partial charge in [-0.05, 0) is 39.0 Å². The SMILES string of the molecule is Cc1ccc(-n2nc(C)c(NC(=O)CN3C(=O)c4cccc([N+](=O)[O-])c4C3=O)c2C)cc1. The molecular formula is C22H19N5O5. The van der Waals surface area contributed by atoms with Crippen LogP contribution in [0.15, 0.2) is 42.5 Å². The number of nitro groups is 1. The predicted octanol–water partition coefficient (Wildman–Crippen LogP) is 2.94. The van der Waals surface area contributed by atoms with E-state index in [1.165, 1.54) is 12.1 Å². The number of carbonyl (C=O) groups excluding carboxylic acids is 3. The molecule has 1 N–H and O–H groups in total. The molecule has 32 heavy (non-hydrogen) atoms. The van der Waals surface area contributed by atoms with Gasteiger partial charge in [0.15, 0.2) is 0 Å². The average molecular weight is 433 g/mol. The molecule has 0 radical (unpaired) electrons. The van der Waals surface area contributed by atoms with Crippen molar-refractivity contribution in [2.45, 2.75) is 20.8 Å². The fourth-order valence-corrected chi connectivity index (χ4v) is 3.69. The molecule has 4 rings (SSSR count). The molecule has 0 unspecified atom stereocenters. The number of nitro benzene ring substituents is 1. The zero-order chi connectivity index (χ0) is 23.2. The van der Waals surface area contributed by atoms with Gasteiger partial charge in [-0.3, -0.25) is 29.4 Å². The Hall–Kier alpha value is -4.34. The number of fused-ring (bicyclic) bond motifs is 1. The Bertz CT molecular complexity index is 1290. The molecule has 0 bridgehead atoms. The lowest BCUT2D eigenvalue weighted by Crippen LogP contribution is -2.37. The van der Waals surface area contributed by atoms with Crippen LogP contribution in [0.2, 0.25) is 0 Å². The van der Waals surface area contributed by atoms with E-state index in [4.69, 9.17) is 0 Å². The van der Waals surface area contributed by atoms with Crippen molar-refractivity contribution in [3.63, 3.8) is 0 Å². The van der Waals surface area contributed by atoms with Crippen molar-refractivity contribution in [2.24, 2.45) is 0 Å². The highest BCUT2D eigenvalue weighted by molar-refractivity contribution is 6.24. The Labute approximate surface area is 182 Å². The molecule has 2 heterocycles. The van der Waals surface area contributed by atoms with Gasteiger partial charge in [0.1, 0.15) is 12.1 Å². The lowest BCUT2D eigenvalue weighted by Gasteiger charge is -2.14. The standard InChI is InChI=1S/C22H19N5O5/c1-12-7-9-15(10-8-12)26-14(3)20(13(2)24-26)23-18(28)11-25-21(29)16-5-4-6-17(27(31)32)19(16)22(25)30/h4-10H,11H2,1-3H3,(H,23,28). The highest BCUT2D eigenvalue weighted by Crippen LogP contribution is 2.31. The zero-order valence-corrected chi connectivity index (χ0v) is 17.6. The largest absolute Gasteiger partial charge is 0.321 e. The second-order valence-electron chi connectivity index (χ2n) is 7.49. The first-order valence-electron chi connectivity index (χ1n) is 9.75. The summed E-state index contributed by atoms with van der Waals surface area (Å²) in [5.74, 6) is -2.22. The molecule has 0 aliphatic carbocycles. The maximum Gasteiger partial charge on any atom is 0.282 e. The minimum Gasteiger partial charge on any atom is -0.321 e. The number of aromatic nitrogens is 2. The van der Waals surface area contributed by atoms with Gasteiger partial charge in [-0.2, -0.15) is 5.10 Å². The smallest absolute Gasteiger partial charge is 0.282 e. The van der Waals surface area contributed by atoms with Crippen LogP contribution in [0, 0.1) is 30.9 Å². The Kier molecular flexibility index (Phi) is 5.05. The van der Waals surface area contributed by atoms with E-state index < -0.39 is 34.9 Å². The fourth-order valence-electron chi connectivity index (χ4n) is 3.69. The summed E-state index contributed by atoms with van der Waals surface area (Å²) in [6, 6.07) is 11.5. The number of imide groups is 1. The third-order valence-corrected chi connectivity index (χ3v) is 5.31. The summed E-state index contributed by atoms with van der Waals surface area (Å²) in [6.07, 6.45) is 0. The number of rotatable bonds is 5. The van der Waals surface area contributed by atoms with Crippen LogP contribution in [0.4, 0.5) is 11.4 Å². The van der Waals surface area contributed by atoms with Crippen molar-refractivity contribution >= 4 is 29.1 Å². The van der Waals surface area contributed by atoms with Gasteiger partial charge >= 0.3 is 0 Å². The molecule has 162 valence electrons. The van der Waals surface area contributed by atoms with Crippen LogP contribution in [0.25, 0.3) is 5.69 Å². The highest BCUT2D eigenvalue weighted by Gasteiger charge is 2.41. The molecule has 0 atom stereocenters. The van der Waals surface area contributed by atoms with Crippen molar-refractivity contribution in [3.8, 4) is 5.69 Å². The molecule has 1 aliphatic rings. The highest BCUT2D eigenvalue weighted by atomic mass is 16.6. The van der Waals surface area contributed by atoms with Crippen molar-refractivity contribution in [1.82, 2.24) is 14.7 Å². The molecule has 0 saturated heterocycles. The average Bonchev–Trinajstić information content (AvgIpc) is 3.17. The Morgan fingerprint density at radius 1 is 1.06 bits per heavy atom. The molecule has 2 aromatic carbocycles. The van der Waals surface area contributed by atoms with E-state index in [-0.39, 0.29) is 11.1 Å². The second kappa shape index (κ2) is 7.73. The maximum absolute atomic E-state index is 12.7. The molecule has 1 aliphatic heterocycles. The van der Waals surface area contributed by atoms with Crippen LogP contribution >= 0.6 is 0 Å². The van der Waals surface area contributed by atoms with Gasteiger partial charge in [0, 0.05) is 6.07 Å². The molecule has 10 heteroatoms. The van der Waals surface area contributed by atoms with Crippen LogP contribution in [-0.4, -0.2) is 43.9 Å². The molecule has 3 amide bonds. The van der Waals surface area contributed by atoms with Crippen molar-refractivity contribution in [1.29, 1.82) is 0 Å². The number of carbonyl (C=O) groups is 3. The number of hydrogen-bond donors (Lipinski definition) is 1. The summed E-state index contributed by atoms with van der Waals surface area (Å²) < 4.78 is 1.69. The summed E-state index contributed by atoms with van der Waals surface area (Å²) in [4.78, 5) is 49.2. The van der Waals surface area contributed by atoms with Gasteiger partial charge in [-0.15, -0.1) is 0 Å². The number of hydrogen-bond acceptors (Lipinski definition) is 6. The van der Waals surface area contributed by atoms with Crippen molar-refractivity contribution < 1.29 is 19.3 Å². The van der Waals surface area contributed by atoms with Gasteiger partial charge in [0.05, 0.1) is 33.2 Å². The van der Waals surface area contributed by atoms with Gasteiger partial charge in [0.2, 0.25) is 5.91 Å². The van der Waals surface area contributed by atoms with E-state index in [2.05, 4.69) is 10.4 Å². The number of amides is 3.